The van der Waals surface area contributed by atoms with Crippen molar-refractivity contribution in [1.82, 2.24) is 10.6 Å². The number of nitrogens with two attached hydrogens (primary N) is 3. The van der Waals surface area contributed by atoms with Gasteiger partial charge in [0, 0.05) is 62.8 Å². The fourth-order valence-corrected chi connectivity index (χ4v) is 13.5. The van der Waals surface area contributed by atoms with Gasteiger partial charge >= 0.3 is 151 Å². The number of aliphatic hydroxyl groups is 7. The Morgan fingerprint density at radius 2 is 0.866 bits per heavy atom. The number of guanidine groups is 2. The molecule has 0 aromatic heterocycles. The number of aliphatic hydroxyl groups excluding tert-OH is 6. The zero-order chi connectivity index (χ0) is 80.7. The predicted molar refractivity (Wildman–Crippen MR) is 387 cm³/mol. The minimum absolute atomic E-state index is 0. The molecule has 20 N–H and O–H groups in total. The molecule has 11 rings (SSSR count). The topological polar surface area (TPSA) is 588 Å². The van der Waals surface area contributed by atoms with E-state index in [1.54, 1.807) is 97.1 Å². The van der Waals surface area contributed by atoms with Crippen LogP contribution in [0.4, 0.5) is 0 Å². The summed E-state index contributed by atoms with van der Waals surface area (Å²) in [4.78, 5) is 112. The molecule has 0 bridgehead atoms. The number of hydrogen-bond acceptors (Lipinski definition) is 27. The largest absolute Gasteiger partial charge is 1.00 e. The smallest absolute Gasteiger partial charge is 0.478 e. The molecule has 0 spiro atoms. The van der Waals surface area contributed by atoms with E-state index in [2.05, 4.69) is 15.6 Å². The second-order valence-corrected chi connectivity index (χ2v) is 25.7. The molecule has 2 aliphatic heterocycles. The molecule has 8 aromatic rings. The Hall–Kier alpha value is -8.44. The minimum atomic E-state index is -2.39. The number of aliphatic imine (C=N–C) groups is 1. The number of carbonyl (C=O) groups excluding carboxylic acids is 5. The number of hydrogen-bond donors (Lipinski definition) is 17. The first-order chi connectivity index (χ1) is 52.0. The first-order valence-corrected chi connectivity index (χ1v) is 33.6. The minimum Gasteiger partial charge on any atom is -0.478 e. The van der Waals surface area contributed by atoms with E-state index >= 15 is 0 Å². The van der Waals surface area contributed by atoms with Crippen molar-refractivity contribution < 1.29 is 240 Å². The molecule has 0 radical (unpaired) electrons. The average molecular weight is 1600 g/mol. The van der Waals surface area contributed by atoms with E-state index in [1.165, 1.54) is 38.2 Å². The Balaban J connectivity index is 0.000000232. The second kappa shape index (κ2) is 39.1. The van der Waals surface area contributed by atoms with Crippen LogP contribution in [-0.4, -0.2) is 227 Å². The maximum Gasteiger partial charge on any atom is 1.00 e. The summed E-state index contributed by atoms with van der Waals surface area (Å²) in [5.74, 6) is -9.80. The number of likely N-dealkylation sites (N-methyl/N-ethyl adjacent to an activating group) is 1. The molecule has 2 heterocycles. The normalized spacial score (nSPS) is 23.7. The van der Waals surface area contributed by atoms with Crippen molar-refractivity contribution >= 4 is 109 Å². The Morgan fingerprint density at radius 3 is 1.16 bits per heavy atom. The SMILES string of the molecule is CC(=O)Oc1c(C(=O)O)cc2ccccc2c1Cc1c(OC(C)=O)c(C(=O)O)cc2ccccc12.CC(=O)Oc1c(C(=O)O)cc2ccccc2c1Cc1c(OC(C)=O)c(C(=O)O)cc2ccccc12.CN[C@@H]1[C@H](O[C@H]2[C@H](O[C@H]3[C@H](O)[C@@H](O)[C@H](N=C(N)N)[C@@H](O)[C@@H]3NC(=N)N)O[C@@H](C)[C@]2(O)C=O)O[C@@H](CO)[C@H](O)[C@H]1O.[K+].[K+]. The van der Waals surface area contributed by atoms with Crippen LogP contribution in [0.25, 0.3) is 43.1 Å². The fraction of sp³-hybridized carbons (Fsp3) is 0.320. The number of rotatable bonds is 21. The maximum absolute atomic E-state index is 12.1. The summed E-state index contributed by atoms with van der Waals surface area (Å²) in [5, 5.41) is 131. The number of fused-ring (bicyclic) bond motifs is 4. The number of nitrogens with one attached hydrogen (secondary N) is 3. The van der Waals surface area contributed by atoms with Gasteiger partial charge in [-0.2, -0.15) is 0 Å². The van der Waals surface area contributed by atoms with Gasteiger partial charge in [-0.1, -0.05) is 97.1 Å². The van der Waals surface area contributed by atoms with E-state index in [0.717, 1.165) is 27.7 Å². The van der Waals surface area contributed by atoms with Crippen LogP contribution in [0, 0.1) is 5.41 Å². The molecule has 8 aromatic carbocycles. The molecular weight excluding hydrogens is 1530 g/mol. The summed E-state index contributed by atoms with van der Waals surface area (Å²) in [6.45, 7) is 5.26. The molecule has 0 amide bonds. The summed E-state index contributed by atoms with van der Waals surface area (Å²) in [6.07, 6.45) is -17.4. The second-order valence-electron chi connectivity index (χ2n) is 25.7. The van der Waals surface area contributed by atoms with Crippen LogP contribution in [0.5, 0.6) is 23.0 Å². The molecule has 3 fully saturated rings. The molecule has 37 heteroatoms. The van der Waals surface area contributed by atoms with Crippen LogP contribution >= 0.6 is 0 Å². The molecule has 2 saturated heterocycles. The third-order valence-corrected chi connectivity index (χ3v) is 18.4. The van der Waals surface area contributed by atoms with Gasteiger partial charge in [0.25, 0.3) is 0 Å². The van der Waals surface area contributed by atoms with Gasteiger partial charge in [-0.15, -0.1) is 0 Å². The summed E-state index contributed by atoms with van der Waals surface area (Å²) in [6, 6.07) is 29.5. The number of esters is 4. The van der Waals surface area contributed by atoms with Crippen LogP contribution in [-0.2, 0) is 55.8 Å². The van der Waals surface area contributed by atoms with E-state index < -0.39 is 158 Å². The van der Waals surface area contributed by atoms with Gasteiger partial charge in [-0.05, 0) is 81.3 Å². The first kappa shape index (κ1) is 90.8. The zero-order valence-electron chi connectivity index (χ0n) is 61.4. The number of aromatic carboxylic acids is 4. The van der Waals surface area contributed by atoms with Crippen molar-refractivity contribution in [3.63, 3.8) is 0 Å². The molecule has 1 aliphatic carbocycles. The van der Waals surface area contributed by atoms with E-state index in [-0.39, 0.29) is 167 Å². The average Bonchev–Trinajstić information content (AvgIpc) is 1.24. The quantitative estimate of drug-likeness (QED) is 0.00808. The Kier molecular flexibility index (Phi) is 31.7. The van der Waals surface area contributed by atoms with E-state index in [4.69, 9.17) is 60.5 Å². The zero-order valence-corrected chi connectivity index (χ0v) is 67.6. The number of nitrogens with zero attached hydrogens (tertiary/aromatic N) is 1. The van der Waals surface area contributed by atoms with Crippen molar-refractivity contribution in [1.29, 1.82) is 5.41 Å². The van der Waals surface area contributed by atoms with Gasteiger partial charge in [0.15, 0.2) is 36.4 Å². The molecule has 582 valence electrons. The fourth-order valence-electron chi connectivity index (χ4n) is 13.5. The Labute approximate surface area is 721 Å². The van der Waals surface area contributed by atoms with Gasteiger partial charge < -0.3 is 122 Å². The summed E-state index contributed by atoms with van der Waals surface area (Å²) in [7, 11) is 1.42. The number of carboxylic acid groups (broad SMARTS) is 4. The van der Waals surface area contributed by atoms with Gasteiger partial charge in [0.1, 0.15) is 100 Å². The molecule has 15 atom stereocenters. The molecule has 0 unspecified atom stereocenters. The van der Waals surface area contributed by atoms with Gasteiger partial charge in [0.2, 0.25) is 0 Å². The van der Waals surface area contributed by atoms with Gasteiger partial charge in [0.05, 0.1) is 24.8 Å². The first-order valence-electron chi connectivity index (χ1n) is 33.6. The standard InChI is InChI=1S/2C27H20O8.C21H39N7O12.2K/c2*1-14(28)34-24-20(18-9-5-3-7-16(18)11-22(24)26(30)31)13-21-19-10-6-4-8-17(19)12-23(27(32)33)25(21)35-15(2)29;1-5-21(36,4-30)16(40-17-9(26-2)13(34)10(31)6(3-29)38-17)18(37-5)39-15-8(28-20(24)25)11(32)7(27-19(22)23)12(33)14(15)35;;/h2*3-12H,13H2,1-2H3,(H,30,31)(H,32,33);4-18,26,29,31-36H,3H2,1-2H3,(H4,22,23,27)(H4,24,25,28);;/q;;;2*+1/t;;5-,6-,7+,8-,9-,10-,11+,12-,13-,14+,15+,16-,17-,18-,21+;;/m..0../s1. The molecule has 35 nitrogen and oxygen atoms in total. The van der Waals surface area contributed by atoms with Crippen LogP contribution in [0.2, 0.25) is 0 Å². The van der Waals surface area contributed by atoms with Gasteiger partial charge in [-0.25, -0.2) is 24.2 Å². The Bertz CT molecular complexity index is 4510. The molecule has 1 saturated carbocycles. The van der Waals surface area contributed by atoms with Crippen molar-refractivity contribution in [2.45, 2.75) is 139 Å². The maximum atomic E-state index is 12.1. The summed E-state index contributed by atoms with van der Waals surface area (Å²) >= 11 is 0. The van der Waals surface area contributed by atoms with Crippen molar-refractivity contribution in [2.24, 2.45) is 22.2 Å². The third-order valence-electron chi connectivity index (χ3n) is 18.4. The number of carbonyl (C=O) groups is 9. The predicted octanol–water partition coefficient (Wildman–Crippen LogP) is -4.28. The Morgan fingerprint density at radius 1 is 0.518 bits per heavy atom. The number of carboxylic acids is 4. The van der Waals surface area contributed by atoms with Crippen LogP contribution in [0.1, 0.15) is 98.3 Å². The summed E-state index contributed by atoms with van der Waals surface area (Å²) in [5.41, 5.74) is 14.3. The molecule has 112 heavy (non-hydrogen) atoms. The van der Waals surface area contributed by atoms with Gasteiger partial charge in [-0.3, -0.25) is 29.4 Å². The number of aldehydes is 1. The van der Waals surface area contributed by atoms with E-state index in [9.17, 15) is 99.3 Å². The van der Waals surface area contributed by atoms with Crippen molar-refractivity contribution in [2.75, 3.05) is 13.7 Å². The van der Waals surface area contributed by atoms with E-state index in [1.807, 2.05) is 0 Å². The van der Waals surface area contributed by atoms with Crippen LogP contribution in [0.15, 0.2) is 126 Å². The van der Waals surface area contributed by atoms with Crippen molar-refractivity contribution in [3.05, 3.63) is 166 Å². The third kappa shape index (κ3) is 20.0. The molecule has 3 aliphatic rings. The van der Waals surface area contributed by atoms with Crippen LogP contribution < -0.4 is 150 Å². The molecular formula is C75H79K2N7O28+2. The number of ether oxygens (including phenoxy) is 8. The van der Waals surface area contributed by atoms with Crippen molar-refractivity contribution in [3.8, 4) is 23.0 Å². The van der Waals surface area contributed by atoms with Crippen LogP contribution in [0.3, 0.4) is 0 Å². The summed E-state index contributed by atoms with van der Waals surface area (Å²) < 4.78 is 44.5. The number of benzene rings is 8. The monoisotopic (exact) mass is 1600 g/mol. The van der Waals surface area contributed by atoms with E-state index in [0.29, 0.717) is 65.3 Å².